The zero-order valence-corrected chi connectivity index (χ0v) is 25.3. The number of hydrogen-bond donors (Lipinski definition) is 0. The maximum atomic E-state index is 5.09. The van der Waals surface area contributed by atoms with E-state index < -0.39 is 0 Å². The molecule has 0 atom stereocenters. The molecule has 0 aliphatic heterocycles. The Morgan fingerprint density at radius 1 is 0.396 bits per heavy atom. The van der Waals surface area contributed by atoms with Crippen LogP contribution in [0, 0.1) is 0 Å². The largest absolute Gasteiger partial charge is 0.293 e. The molecule has 0 N–H and O–H groups in total. The Morgan fingerprint density at radius 3 is 1.56 bits per heavy atom. The van der Waals surface area contributed by atoms with Crippen LogP contribution in [0.3, 0.4) is 0 Å². The van der Waals surface area contributed by atoms with Crippen molar-refractivity contribution in [2.45, 2.75) is 0 Å². The molecule has 0 bridgehead atoms. The predicted molar refractivity (Wildman–Crippen MR) is 187 cm³/mol. The highest BCUT2D eigenvalue weighted by Crippen LogP contribution is 2.30. The van der Waals surface area contributed by atoms with Gasteiger partial charge in [-0.3, -0.25) is 18.8 Å². The molecule has 0 aliphatic carbocycles. The molecule has 8 heterocycles. The highest BCUT2D eigenvalue weighted by Gasteiger charge is 2.18. The number of fused-ring (bicyclic) bond motifs is 8. The van der Waals surface area contributed by atoms with Crippen molar-refractivity contribution in [2.75, 3.05) is 0 Å². The van der Waals surface area contributed by atoms with Gasteiger partial charge in [-0.2, -0.15) is 0 Å². The Balaban J connectivity index is 1.10. The van der Waals surface area contributed by atoms with Gasteiger partial charge in [-0.1, -0.05) is 48.5 Å². The number of rotatable bonds is 4. The van der Waals surface area contributed by atoms with Gasteiger partial charge in [-0.25, -0.2) is 24.9 Å². The third-order valence-corrected chi connectivity index (χ3v) is 8.66. The van der Waals surface area contributed by atoms with Crippen molar-refractivity contribution < 1.29 is 0 Å². The number of aromatic nitrogens is 9. The molecule has 0 amide bonds. The molecule has 0 aliphatic rings. The van der Waals surface area contributed by atoms with E-state index in [0.29, 0.717) is 11.3 Å². The van der Waals surface area contributed by atoms with Gasteiger partial charge in [0.05, 0.1) is 39.3 Å². The average molecular weight is 618 g/mol. The SMILES string of the molecule is c1cc(-c2cnc3ccccc3c2)nc(-c2cn3c4cccnc4n4cc(-c5cccc(-c6cnc7ccccc7c6)n5)nc4c3n2)c1. The lowest BCUT2D eigenvalue weighted by atomic mass is 10.1. The van der Waals surface area contributed by atoms with Gasteiger partial charge >= 0.3 is 0 Å². The predicted octanol–water partition coefficient (Wildman–Crippen LogP) is 8.08. The molecule has 10 rings (SSSR count). The fourth-order valence-electron chi connectivity index (χ4n) is 6.33. The molecule has 0 saturated carbocycles. The van der Waals surface area contributed by atoms with Crippen molar-refractivity contribution in [1.29, 1.82) is 0 Å². The Hall–Kier alpha value is -6.87. The summed E-state index contributed by atoms with van der Waals surface area (Å²) in [5.74, 6) is 0. The van der Waals surface area contributed by atoms with Gasteiger partial charge in [0.1, 0.15) is 11.4 Å². The van der Waals surface area contributed by atoms with Crippen LogP contribution in [-0.4, -0.2) is 43.7 Å². The fourth-order valence-corrected chi connectivity index (χ4v) is 6.33. The molecule has 10 aromatic rings. The Morgan fingerprint density at radius 2 is 0.938 bits per heavy atom. The zero-order valence-electron chi connectivity index (χ0n) is 25.3. The normalized spacial score (nSPS) is 11.8. The van der Waals surface area contributed by atoms with Crippen LogP contribution in [0.4, 0.5) is 0 Å². The second-order valence-corrected chi connectivity index (χ2v) is 11.6. The monoisotopic (exact) mass is 617 g/mol. The maximum Gasteiger partial charge on any atom is 0.183 e. The van der Waals surface area contributed by atoms with E-state index in [2.05, 4.69) is 34.2 Å². The molecule has 9 heteroatoms. The molecular formula is C39H23N9. The van der Waals surface area contributed by atoms with E-state index >= 15 is 0 Å². The summed E-state index contributed by atoms with van der Waals surface area (Å²) < 4.78 is 4.04. The van der Waals surface area contributed by atoms with E-state index in [1.807, 2.05) is 119 Å². The second-order valence-electron chi connectivity index (χ2n) is 11.6. The van der Waals surface area contributed by atoms with Crippen LogP contribution < -0.4 is 0 Å². The standard InChI is InChI=1S/C39H23N9/c1-3-10-28-24(8-1)18-26(20-41-28)30-12-5-14-32(43-30)34-22-47-36-16-7-17-40-37(36)48-23-35(46-39(48)38(47)45-34)33-15-6-13-31(44-33)27-19-25-9-2-4-11-29(25)42-21-27/h1-23H. The Bertz CT molecular complexity index is 2670. The van der Waals surface area contributed by atoms with Gasteiger partial charge in [-0.15, -0.1) is 0 Å². The molecular weight excluding hydrogens is 594 g/mol. The zero-order chi connectivity index (χ0) is 31.6. The number of benzene rings is 2. The lowest BCUT2D eigenvalue weighted by molar-refractivity contribution is 1.13. The second kappa shape index (κ2) is 10.3. The first-order valence-electron chi connectivity index (χ1n) is 15.6. The van der Waals surface area contributed by atoms with E-state index in [9.17, 15) is 0 Å². The molecule has 0 unspecified atom stereocenters. The Labute approximate surface area is 272 Å². The quantitative estimate of drug-likeness (QED) is 0.197. The number of nitrogens with zero attached hydrogens (tertiary/aromatic N) is 9. The minimum Gasteiger partial charge on any atom is -0.293 e. The van der Waals surface area contributed by atoms with Crippen molar-refractivity contribution in [3.8, 4) is 45.3 Å². The van der Waals surface area contributed by atoms with Crippen LogP contribution in [0.15, 0.2) is 140 Å². The van der Waals surface area contributed by atoms with Gasteiger partial charge in [0, 0.05) is 52.9 Å². The minimum absolute atomic E-state index is 0.678. The number of hydrogen-bond acceptors (Lipinski definition) is 7. The third-order valence-electron chi connectivity index (χ3n) is 8.66. The molecule has 0 radical (unpaired) electrons. The lowest BCUT2D eigenvalue weighted by Gasteiger charge is -2.04. The first kappa shape index (κ1) is 26.4. The van der Waals surface area contributed by atoms with Crippen LogP contribution in [0.1, 0.15) is 0 Å². The summed E-state index contributed by atoms with van der Waals surface area (Å²) >= 11 is 0. The number of pyridine rings is 5. The van der Waals surface area contributed by atoms with Gasteiger partial charge < -0.3 is 0 Å². The first-order valence-corrected chi connectivity index (χ1v) is 15.6. The maximum absolute atomic E-state index is 5.09. The third kappa shape index (κ3) is 4.22. The molecule has 48 heavy (non-hydrogen) atoms. The van der Waals surface area contributed by atoms with Gasteiger partial charge in [0.15, 0.2) is 16.9 Å². The summed E-state index contributed by atoms with van der Waals surface area (Å²) in [7, 11) is 0. The van der Waals surface area contributed by atoms with Crippen molar-refractivity contribution >= 4 is 44.3 Å². The molecule has 0 spiro atoms. The van der Waals surface area contributed by atoms with E-state index in [0.717, 1.165) is 78.3 Å². The van der Waals surface area contributed by atoms with Crippen molar-refractivity contribution in [2.24, 2.45) is 0 Å². The summed E-state index contributed by atoms with van der Waals surface area (Å²) in [6.45, 7) is 0. The molecule has 0 fully saturated rings. The van der Waals surface area contributed by atoms with E-state index in [4.69, 9.17) is 24.9 Å². The summed E-state index contributed by atoms with van der Waals surface area (Å²) in [6.07, 6.45) is 9.51. The minimum atomic E-state index is 0.678. The smallest absolute Gasteiger partial charge is 0.183 e. The van der Waals surface area contributed by atoms with Crippen molar-refractivity contribution in [3.63, 3.8) is 0 Å². The number of imidazole rings is 2. The molecule has 0 saturated heterocycles. The lowest BCUT2D eigenvalue weighted by Crippen LogP contribution is -1.97. The van der Waals surface area contributed by atoms with Crippen LogP contribution in [0.2, 0.25) is 0 Å². The fraction of sp³-hybridized carbons (Fsp3) is 0. The summed E-state index contributed by atoms with van der Waals surface area (Å²) in [5.41, 5.74) is 11.5. The topological polar surface area (TPSA) is 99.0 Å². The molecule has 224 valence electrons. The highest BCUT2D eigenvalue weighted by atomic mass is 15.1. The van der Waals surface area contributed by atoms with E-state index in [1.165, 1.54) is 0 Å². The van der Waals surface area contributed by atoms with Gasteiger partial charge in [-0.05, 0) is 60.7 Å². The molecule has 8 aromatic heterocycles. The van der Waals surface area contributed by atoms with Gasteiger partial charge in [0.2, 0.25) is 0 Å². The van der Waals surface area contributed by atoms with Crippen molar-refractivity contribution in [1.82, 2.24) is 43.7 Å². The molecule has 9 nitrogen and oxygen atoms in total. The summed E-state index contributed by atoms with van der Waals surface area (Å²) in [6, 6.07) is 36.3. The van der Waals surface area contributed by atoms with Crippen LogP contribution in [0.25, 0.3) is 89.6 Å². The van der Waals surface area contributed by atoms with Crippen molar-refractivity contribution in [3.05, 3.63) is 140 Å². The highest BCUT2D eigenvalue weighted by molar-refractivity contribution is 5.87. The summed E-state index contributed by atoms with van der Waals surface area (Å²) in [5, 5.41) is 2.14. The first-order chi connectivity index (χ1) is 23.7. The van der Waals surface area contributed by atoms with Crippen LogP contribution >= 0.6 is 0 Å². The van der Waals surface area contributed by atoms with E-state index in [1.54, 1.807) is 6.20 Å². The number of para-hydroxylation sites is 2. The van der Waals surface area contributed by atoms with Gasteiger partial charge in [0.25, 0.3) is 0 Å². The molecule has 2 aromatic carbocycles. The summed E-state index contributed by atoms with van der Waals surface area (Å²) in [4.78, 5) is 34.2. The van der Waals surface area contributed by atoms with E-state index in [-0.39, 0.29) is 0 Å². The van der Waals surface area contributed by atoms with Crippen LogP contribution in [0.5, 0.6) is 0 Å². The van der Waals surface area contributed by atoms with Crippen LogP contribution in [-0.2, 0) is 0 Å². The Kier molecular flexibility index (Phi) is 5.67. The average Bonchev–Trinajstić information content (AvgIpc) is 3.81.